The van der Waals surface area contributed by atoms with Gasteiger partial charge in [-0.05, 0) is 48.0 Å². The number of ether oxygens (including phenoxy) is 1. The molecule has 1 fully saturated rings. The monoisotopic (exact) mass is 511 g/mol. The van der Waals surface area contributed by atoms with Crippen molar-refractivity contribution >= 4 is 42.6 Å². The molecule has 1 aliphatic heterocycles. The topological polar surface area (TPSA) is 79.8 Å². The SMILES string of the molecule is O=C(c1ccc(S(=O)(=O)N2CCOCC2)cc1)N(Cc1ccccc1)c1nc2ccc(F)cc2s1. The predicted octanol–water partition coefficient (Wildman–Crippen LogP) is 4.30. The molecule has 180 valence electrons. The van der Waals surface area contributed by atoms with Crippen molar-refractivity contribution in [1.82, 2.24) is 9.29 Å². The van der Waals surface area contributed by atoms with E-state index < -0.39 is 10.0 Å². The molecule has 0 atom stereocenters. The molecule has 0 saturated carbocycles. The van der Waals surface area contributed by atoms with Crippen molar-refractivity contribution in [3.8, 4) is 0 Å². The maximum absolute atomic E-state index is 13.7. The van der Waals surface area contributed by atoms with Crippen LogP contribution in [-0.4, -0.2) is 49.9 Å². The Balaban J connectivity index is 1.47. The molecule has 0 unspecified atom stereocenters. The van der Waals surface area contributed by atoms with Crippen LogP contribution in [0.15, 0.2) is 77.7 Å². The number of hydrogen-bond donors (Lipinski definition) is 0. The van der Waals surface area contributed by atoms with Gasteiger partial charge in [-0.1, -0.05) is 41.7 Å². The van der Waals surface area contributed by atoms with Gasteiger partial charge in [0.25, 0.3) is 5.91 Å². The number of morpholine rings is 1. The zero-order valence-electron chi connectivity index (χ0n) is 18.6. The summed E-state index contributed by atoms with van der Waals surface area (Å²) in [7, 11) is -3.66. The van der Waals surface area contributed by atoms with Crippen LogP contribution in [0.2, 0.25) is 0 Å². The van der Waals surface area contributed by atoms with E-state index in [1.54, 1.807) is 6.07 Å². The number of thiazole rings is 1. The Kier molecular flexibility index (Phi) is 6.61. The number of halogens is 1. The van der Waals surface area contributed by atoms with Gasteiger partial charge >= 0.3 is 0 Å². The Morgan fingerprint density at radius 3 is 2.46 bits per heavy atom. The minimum absolute atomic E-state index is 0.126. The number of fused-ring (bicyclic) bond motifs is 1. The van der Waals surface area contributed by atoms with Crippen molar-refractivity contribution in [1.29, 1.82) is 0 Å². The Bertz CT molecular complexity index is 1450. The molecule has 0 radical (unpaired) electrons. The summed E-state index contributed by atoms with van der Waals surface area (Å²) in [5.41, 5.74) is 1.83. The van der Waals surface area contributed by atoms with Gasteiger partial charge < -0.3 is 4.74 Å². The van der Waals surface area contributed by atoms with E-state index in [-0.39, 0.29) is 23.2 Å². The number of sulfonamides is 1. The van der Waals surface area contributed by atoms with Gasteiger partial charge in [0.15, 0.2) is 5.13 Å². The van der Waals surface area contributed by atoms with E-state index in [1.165, 1.54) is 56.9 Å². The van der Waals surface area contributed by atoms with Gasteiger partial charge in [-0.15, -0.1) is 0 Å². The lowest BCUT2D eigenvalue weighted by atomic mass is 10.1. The molecule has 3 aromatic carbocycles. The Labute approximate surface area is 206 Å². The molecule has 4 aromatic rings. The lowest BCUT2D eigenvalue weighted by Crippen LogP contribution is -2.40. The number of carbonyl (C=O) groups is 1. The Morgan fingerprint density at radius 1 is 1.03 bits per heavy atom. The molecule has 1 saturated heterocycles. The molecule has 7 nitrogen and oxygen atoms in total. The van der Waals surface area contributed by atoms with Crippen LogP contribution in [0.4, 0.5) is 9.52 Å². The summed E-state index contributed by atoms with van der Waals surface area (Å²) in [6.07, 6.45) is 0. The fourth-order valence-electron chi connectivity index (χ4n) is 3.86. The van der Waals surface area contributed by atoms with E-state index in [9.17, 15) is 17.6 Å². The first kappa shape index (κ1) is 23.6. The maximum atomic E-state index is 13.7. The highest BCUT2D eigenvalue weighted by atomic mass is 32.2. The summed E-state index contributed by atoms with van der Waals surface area (Å²) in [5.74, 6) is -0.700. The van der Waals surface area contributed by atoms with Gasteiger partial charge in [-0.2, -0.15) is 4.31 Å². The third kappa shape index (κ3) is 4.96. The predicted molar refractivity (Wildman–Crippen MR) is 133 cm³/mol. The Morgan fingerprint density at radius 2 is 1.74 bits per heavy atom. The number of benzene rings is 3. The van der Waals surface area contributed by atoms with Crippen LogP contribution in [0.1, 0.15) is 15.9 Å². The normalized spacial score (nSPS) is 14.8. The van der Waals surface area contributed by atoms with Crippen molar-refractivity contribution < 1.29 is 22.3 Å². The van der Waals surface area contributed by atoms with Crippen molar-refractivity contribution in [3.05, 3.63) is 89.7 Å². The second kappa shape index (κ2) is 9.82. The number of hydrogen-bond acceptors (Lipinski definition) is 6. The van der Waals surface area contributed by atoms with E-state index in [2.05, 4.69) is 4.98 Å². The highest BCUT2D eigenvalue weighted by Crippen LogP contribution is 2.31. The molecule has 0 N–H and O–H groups in total. The highest BCUT2D eigenvalue weighted by molar-refractivity contribution is 7.89. The van der Waals surface area contributed by atoms with Gasteiger partial charge in [-0.25, -0.2) is 17.8 Å². The van der Waals surface area contributed by atoms with Crippen LogP contribution in [0.5, 0.6) is 0 Å². The molecular weight excluding hydrogens is 489 g/mol. The lowest BCUT2D eigenvalue weighted by molar-refractivity contribution is 0.0730. The molecule has 0 aliphatic carbocycles. The molecule has 35 heavy (non-hydrogen) atoms. The largest absolute Gasteiger partial charge is 0.379 e. The van der Waals surface area contributed by atoms with Gasteiger partial charge in [0, 0.05) is 18.7 Å². The fourth-order valence-corrected chi connectivity index (χ4v) is 6.25. The van der Waals surface area contributed by atoms with E-state index in [0.29, 0.717) is 47.2 Å². The summed E-state index contributed by atoms with van der Waals surface area (Å²) in [6.45, 7) is 1.57. The summed E-state index contributed by atoms with van der Waals surface area (Å²) >= 11 is 1.23. The van der Waals surface area contributed by atoms with Gasteiger partial charge in [-0.3, -0.25) is 9.69 Å². The summed E-state index contributed by atoms with van der Waals surface area (Å²) in [6, 6.07) is 19.7. The van der Waals surface area contributed by atoms with Crippen molar-refractivity contribution in [3.63, 3.8) is 0 Å². The first-order valence-electron chi connectivity index (χ1n) is 11.0. The molecule has 2 heterocycles. The summed E-state index contributed by atoms with van der Waals surface area (Å²) < 4.78 is 46.8. The summed E-state index contributed by atoms with van der Waals surface area (Å²) in [4.78, 5) is 19.8. The smallest absolute Gasteiger partial charge is 0.260 e. The van der Waals surface area contributed by atoms with Gasteiger partial charge in [0.05, 0.1) is 34.9 Å². The van der Waals surface area contributed by atoms with Gasteiger partial charge in [0.2, 0.25) is 10.0 Å². The average molecular weight is 512 g/mol. The highest BCUT2D eigenvalue weighted by Gasteiger charge is 2.27. The molecule has 0 bridgehead atoms. The molecule has 0 spiro atoms. The third-order valence-electron chi connectivity index (χ3n) is 5.71. The average Bonchev–Trinajstić information content (AvgIpc) is 3.31. The van der Waals surface area contributed by atoms with E-state index >= 15 is 0 Å². The van der Waals surface area contributed by atoms with Crippen LogP contribution >= 0.6 is 11.3 Å². The van der Waals surface area contributed by atoms with Gasteiger partial charge in [0.1, 0.15) is 5.82 Å². The van der Waals surface area contributed by atoms with Crippen LogP contribution < -0.4 is 4.90 Å². The van der Waals surface area contributed by atoms with Crippen LogP contribution in [0, 0.1) is 5.82 Å². The minimum Gasteiger partial charge on any atom is -0.379 e. The molecule has 1 aliphatic rings. The Hall–Kier alpha value is -3.18. The molecule has 1 amide bonds. The van der Waals surface area contributed by atoms with Crippen molar-refractivity contribution in [2.75, 3.05) is 31.2 Å². The summed E-state index contributed by atoms with van der Waals surface area (Å²) in [5, 5.41) is 0.435. The fraction of sp³-hybridized carbons (Fsp3) is 0.200. The van der Waals surface area contributed by atoms with E-state index in [1.807, 2.05) is 30.3 Å². The number of aromatic nitrogens is 1. The molecule has 10 heteroatoms. The molecule has 5 rings (SSSR count). The second-order valence-corrected chi connectivity index (χ2v) is 11.0. The van der Waals surface area contributed by atoms with E-state index in [0.717, 1.165) is 5.56 Å². The minimum atomic E-state index is -3.66. The zero-order valence-corrected chi connectivity index (χ0v) is 20.3. The van der Waals surface area contributed by atoms with Crippen LogP contribution in [0.3, 0.4) is 0 Å². The van der Waals surface area contributed by atoms with Crippen LogP contribution in [0.25, 0.3) is 10.2 Å². The number of rotatable bonds is 6. The molecular formula is C25H22FN3O4S2. The maximum Gasteiger partial charge on any atom is 0.260 e. The standard InChI is InChI=1S/C25H22FN3O4S2/c26-20-8-11-22-23(16-20)34-25(27-22)29(17-18-4-2-1-3-5-18)24(30)19-6-9-21(10-7-19)35(31,32)28-12-14-33-15-13-28/h1-11,16H,12-15,17H2. The van der Waals surface area contributed by atoms with Crippen molar-refractivity contribution in [2.24, 2.45) is 0 Å². The molecule has 1 aromatic heterocycles. The number of nitrogens with zero attached hydrogens (tertiary/aromatic N) is 3. The first-order valence-corrected chi connectivity index (χ1v) is 13.3. The zero-order chi connectivity index (χ0) is 24.4. The quantitative estimate of drug-likeness (QED) is 0.386. The number of amides is 1. The first-order chi connectivity index (χ1) is 16.9. The van der Waals surface area contributed by atoms with Crippen molar-refractivity contribution in [2.45, 2.75) is 11.4 Å². The third-order valence-corrected chi connectivity index (χ3v) is 8.66. The number of carbonyl (C=O) groups excluding carboxylic acids is 1. The van der Waals surface area contributed by atoms with Crippen LogP contribution in [-0.2, 0) is 21.3 Å². The van der Waals surface area contributed by atoms with E-state index in [4.69, 9.17) is 4.74 Å². The second-order valence-electron chi connectivity index (χ2n) is 8.03. The number of anilines is 1. The lowest BCUT2D eigenvalue weighted by Gasteiger charge is -2.26.